The lowest BCUT2D eigenvalue weighted by Crippen LogP contribution is -1.95. The second-order valence-electron chi connectivity index (χ2n) is 9.85. The molecule has 0 unspecified atom stereocenters. The lowest BCUT2D eigenvalue weighted by Gasteiger charge is -2.12. The van der Waals surface area contributed by atoms with E-state index in [9.17, 15) is 0 Å². The lowest BCUT2D eigenvalue weighted by molar-refractivity contribution is 1.38. The van der Waals surface area contributed by atoms with Crippen LogP contribution in [0.25, 0.3) is 87.2 Å². The smallest absolute Gasteiger partial charge is 0.0979 e. The summed E-state index contributed by atoms with van der Waals surface area (Å²) in [6.45, 7) is 0. The van der Waals surface area contributed by atoms with Gasteiger partial charge in [-0.05, 0) is 33.7 Å². The molecule has 38 heavy (non-hydrogen) atoms. The summed E-state index contributed by atoms with van der Waals surface area (Å²) in [7, 11) is 0. The molecule has 174 valence electrons. The van der Waals surface area contributed by atoms with Crippen LogP contribution in [0.1, 0.15) is 0 Å². The van der Waals surface area contributed by atoms with Crippen molar-refractivity contribution in [1.82, 2.24) is 19.9 Å². The maximum absolute atomic E-state index is 5.17. The molecule has 0 N–H and O–H groups in total. The first-order valence-corrected chi connectivity index (χ1v) is 12.8. The van der Waals surface area contributed by atoms with Gasteiger partial charge in [-0.25, -0.2) is 19.9 Å². The van der Waals surface area contributed by atoms with Crippen molar-refractivity contribution in [2.45, 2.75) is 0 Å². The number of rotatable bonds is 0. The predicted molar refractivity (Wildman–Crippen MR) is 158 cm³/mol. The van der Waals surface area contributed by atoms with Crippen LogP contribution in [0.5, 0.6) is 0 Å². The maximum atomic E-state index is 5.17. The van der Waals surface area contributed by atoms with Crippen molar-refractivity contribution in [1.29, 1.82) is 0 Å². The Bertz CT molecular complexity index is 2120. The second-order valence-corrected chi connectivity index (χ2v) is 9.85. The van der Waals surface area contributed by atoms with E-state index in [-0.39, 0.29) is 0 Å². The first-order valence-electron chi connectivity index (χ1n) is 12.8. The highest BCUT2D eigenvalue weighted by Gasteiger charge is 2.15. The van der Waals surface area contributed by atoms with E-state index in [4.69, 9.17) is 19.9 Å². The molecule has 0 saturated heterocycles. The Kier molecular flexibility index (Phi) is 3.76. The molecule has 2 heterocycles. The van der Waals surface area contributed by atoms with E-state index in [1.54, 1.807) is 0 Å². The Morgan fingerprint density at radius 3 is 0.711 bits per heavy atom. The van der Waals surface area contributed by atoms with Crippen LogP contribution in [-0.2, 0) is 0 Å². The molecule has 0 aliphatic rings. The summed E-state index contributed by atoms with van der Waals surface area (Å²) in [4.78, 5) is 20.7. The Balaban J connectivity index is 1.46. The first kappa shape index (κ1) is 19.9. The summed E-state index contributed by atoms with van der Waals surface area (Å²) >= 11 is 0. The molecule has 4 nitrogen and oxygen atoms in total. The fraction of sp³-hybridized carbons (Fsp3) is 0. The molecule has 0 amide bonds. The van der Waals surface area contributed by atoms with Crippen molar-refractivity contribution in [3.8, 4) is 0 Å². The quantitative estimate of drug-likeness (QED) is 0.161. The van der Waals surface area contributed by atoms with Crippen molar-refractivity contribution in [3.63, 3.8) is 0 Å². The van der Waals surface area contributed by atoms with Crippen LogP contribution < -0.4 is 0 Å². The van der Waals surface area contributed by atoms with E-state index < -0.39 is 0 Å². The van der Waals surface area contributed by atoms with Gasteiger partial charge in [-0.3, -0.25) is 0 Å². The normalized spacial score (nSPS) is 12.2. The number of fused-ring (bicyclic) bond motifs is 14. The third-order valence-electron chi connectivity index (χ3n) is 7.76. The van der Waals surface area contributed by atoms with Gasteiger partial charge >= 0.3 is 0 Å². The van der Waals surface area contributed by atoms with E-state index in [0.29, 0.717) is 0 Å². The van der Waals surface area contributed by atoms with Gasteiger partial charge in [0.1, 0.15) is 0 Å². The molecule has 2 aromatic heterocycles. The molecule has 9 aromatic rings. The second kappa shape index (κ2) is 7.17. The summed E-state index contributed by atoms with van der Waals surface area (Å²) in [6, 6.07) is 37.9. The van der Waals surface area contributed by atoms with Crippen LogP contribution in [-0.4, -0.2) is 19.9 Å². The molecule has 9 rings (SSSR count). The van der Waals surface area contributed by atoms with Gasteiger partial charge < -0.3 is 0 Å². The van der Waals surface area contributed by atoms with Gasteiger partial charge in [-0.2, -0.15) is 0 Å². The zero-order chi connectivity index (χ0) is 24.8. The Labute approximate surface area is 216 Å². The van der Waals surface area contributed by atoms with E-state index >= 15 is 0 Å². The topological polar surface area (TPSA) is 51.6 Å². The molecule has 4 heteroatoms. The molecule has 7 aromatic carbocycles. The molecule has 0 radical (unpaired) electrons. The summed E-state index contributed by atoms with van der Waals surface area (Å²) in [6.07, 6.45) is 0. The fourth-order valence-electron chi connectivity index (χ4n) is 6.06. The summed E-state index contributed by atoms with van der Waals surface area (Å²) in [5, 5.41) is 9.19. The first-order chi connectivity index (χ1) is 18.8. The van der Waals surface area contributed by atoms with Crippen LogP contribution in [0.15, 0.2) is 109 Å². The molecule has 0 bridgehead atoms. The van der Waals surface area contributed by atoms with Gasteiger partial charge in [0.05, 0.1) is 44.1 Å². The van der Waals surface area contributed by atoms with Crippen LogP contribution in [0.4, 0.5) is 0 Å². The highest BCUT2D eigenvalue weighted by molar-refractivity contribution is 6.25. The van der Waals surface area contributed by atoms with Crippen molar-refractivity contribution in [3.05, 3.63) is 109 Å². The highest BCUT2D eigenvalue weighted by Crippen LogP contribution is 2.36. The average molecular weight is 483 g/mol. The van der Waals surface area contributed by atoms with E-state index in [1.165, 1.54) is 21.5 Å². The molecular formula is C34H18N4. The minimum Gasteiger partial charge on any atom is -0.244 e. The predicted octanol–water partition coefficient (Wildman–Crippen LogP) is 8.49. The highest BCUT2D eigenvalue weighted by atomic mass is 14.8. The maximum Gasteiger partial charge on any atom is 0.0979 e. The van der Waals surface area contributed by atoms with Crippen molar-refractivity contribution in [2.24, 2.45) is 0 Å². The molecule has 0 spiro atoms. The van der Waals surface area contributed by atoms with Gasteiger partial charge in [0.2, 0.25) is 0 Å². The Morgan fingerprint density at radius 1 is 0.263 bits per heavy atom. The van der Waals surface area contributed by atoms with Crippen LogP contribution in [0.3, 0.4) is 0 Å². The lowest BCUT2D eigenvalue weighted by atomic mass is 9.99. The molecule has 0 aliphatic carbocycles. The standard InChI is InChI=1S/C34H18N4/c1-5-13-23-19(9-1)20-10-2-6-14-24(20)32-31(23)35-27-17-29-30(18-28(27)36-32)38-34-26-16-8-4-12-22(26)21-11-3-7-15-25(21)33(34)37-29/h1-18H. The number of nitrogens with zero attached hydrogens (tertiary/aromatic N) is 4. The number of hydrogen-bond donors (Lipinski definition) is 0. The minimum absolute atomic E-state index is 0.823. The monoisotopic (exact) mass is 482 g/mol. The Morgan fingerprint density at radius 2 is 0.474 bits per heavy atom. The third kappa shape index (κ3) is 2.58. The number of hydrogen-bond acceptors (Lipinski definition) is 4. The van der Waals surface area contributed by atoms with Gasteiger partial charge in [0.25, 0.3) is 0 Å². The SMILES string of the molecule is c1ccc2c(c1)c1ccccc1c1nc3cc4nc5c6ccccc6c6ccccc6c5nc4cc3nc21. The van der Waals surface area contributed by atoms with Crippen molar-refractivity contribution < 1.29 is 0 Å². The van der Waals surface area contributed by atoms with E-state index in [1.807, 2.05) is 12.1 Å². The zero-order valence-corrected chi connectivity index (χ0v) is 20.2. The van der Waals surface area contributed by atoms with Gasteiger partial charge in [0, 0.05) is 21.5 Å². The van der Waals surface area contributed by atoms with Gasteiger partial charge in [0.15, 0.2) is 0 Å². The summed E-state index contributed by atoms with van der Waals surface area (Å²) in [5.41, 5.74) is 6.95. The van der Waals surface area contributed by atoms with Crippen molar-refractivity contribution in [2.75, 3.05) is 0 Å². The van der Waals surface area contributed by atoms with Crippen LogP contribution in [0.2, 0.25) is 0 Å². The molecule has 0 atom stereocenters. The molecule has 0 fully saturated rings. The molecule has 0 saturated carbocycles. The molecule has 0 aliphatic heterocycles. The average Bonchev–Trinajstić information content (AvgIpc) is 2.99. The summed E-state index contributed by atoms with van der Waals surface area (Å²) in [5.74, 6) is 0. The van der Waals surface area contributed by atoms with Gasteiger partial charge in [-0.1, -0.05) is 97.1 Å². The molecular weight excluding hydrogens is 464 g/mol. The minimum atomic E-state index is 0.823. The van der Waals surface area contributed by atoms with Crippen LogP contribution >= 0.6 is 0 Å². The fourth-order valence-corrected chi connectivity index (χ4v) is 6.06. The van der Waals surface area contributed by atoms with Crippen LogP contribution in [0, 0.1) is 0 Å². The third-order valence-corrected chi connectivity index (χ3v) is 7.76. The van der Waals surface area contributed by atoms with E-state index in [0.717, 1.165) is 65.7 Å². The van der Waals surface area contributed by atoms with Crippen molar-refractivity contribution >= 4 is 87.2 Å². The summed E-state index contributed by atoms with van der Waals surface area (Å²) < 4.78 is 0. The number of benzene rings is 7. The number of aromatic nitrogens is 4. The Hall–Kier alpha value is -5.22. The van der Waals surface area contributed by atoms with Gasteiger partial charge in [-0.15, -0.1) is 0 Å². The largest absolute Gasteiger partial charge is 0.244 e. The van der Waals surface area contributed by atoms with E-state index in [2.05, 4.69) is 97.1 Å². The zero-order valence-electron chi connectivity index (χ0n) is 20.2.